The van der Waals surface area contributed by atoms with Gasteiger partial charge in [0.15, 0.2) is 0 Å². The highest BCUT2D eigenvalue weighted by molar-refractivity contribution is 6.30. The van der Waals surface area contributed by atoms with Gasteiger partial charge in [-0.2, -0.15) is 0 Å². The Morgan fingerprint density at radius 3 is 2.54 bits per heavy atom. The van der Waals surface area contributed by atoms with E-state index in [1.165, 1.54) is 0 Å². The molecule has 4 aromatic rings. The summed E-state index contributed by atoms with van der Waals surface area (Å²) in [4.78, 5) is 4.75. The molecule has 0 saturated heterocycles. The number of hydrogen-bond acceptors (Lipinski definition) is 2. The van der Waals surface area contributed by atoms with Crippen molar-refractivity contribution in [2.24, 2.45) is 0 Å². The van der Waals surface area contributed by atoms with E-state index in [-0.39, 0.29) is 19.0 Å². The van der Waals surface area contributed by atoms with Gasteiger partial charge in [0.1, 0.15) is 0 Å². The van der Waals surface area contributed by atoms with Gasteiger partial charge in [0.2, 0.25) is 5.78 Å². The smallest absolute Gasteiger partial charge is 0.215 e. The minimum Gasteiger partial charge on any atom is -0.396 e. The van der Waals surface area contributed by atoms with Crippen LogP contribution in [0.15, 0.2) is 54.7 Å². The fourth-order valence-corrected chi connectivity index (χ4v) is 3.08. The Morgan fingerprint density at radius 2 is 1.79 bits per heavy atom. The summed E-state index contributed by atoms with van der Waals surface area (Å²) >= 11 is 6.00. The average Bonchev–Trinajstić information content (AvgIpc) is 3.10. The molecular weight excluding hydrogens is 345 g/mol. The fourth-order valence-electron chi connectivity index (χ4n) is 2.95. The van der Waals surface area contributed by atoms with Crippen molar-refractivity contribution in [1.29, 1.82) is 0 Å². The van der Waals surface area contributed by atoms with Gasteiger partial charge in [0, 0.05) is 24.4 Å². The number of rotatable bonds is 4. The first-order valence-corrected chi connectivity index (χ1v) is 7.99. The van der Waals surface area contributed by atoms with Crippen LogP contribution in [0.25, 0.3) is 28.1 Å². The van der Waals surface area contributed by atoms with E-state index in [1.807, 2.05) is 42.5 Å². The van der Waals surface area contributed by atoms with Crippen LogP contribution >= 0.6 is 24.0 Å². The molecule has 0 amide bonds. The number of benzene rings is 2. The van der Waals surface area contributed by atoms with Crippen molar-refractivity contribution >= 4 is 40.8 Å². The molecular formula is C18H17Cl2N3O. The van der Waals surface area contributed by atoms with E-state index in [0.29, 0.717) is 13.0 Å². The van der Waals surface area contributed by atoms with Gasteiger partial charge in [-0.3, -0.25) is 4.40 Å². The van der Waals surface area contributed by atoms with Gasteiger partial charge in [0.25, 0.3) is 0 Å². The summed E-state index contributed by atoms with van der Waals surface area (Å²) < 4.78 is 4.26. The molecule has 0 spiro atoms. The highest BCUT2D eigenvalue weighted by atomic mass is 35.5. The van der Waals surface area contributed by atoms with E-state index < -0.39 is 0 Å². The predicted molar refractivity (Wildman–Crippen MR) is 100 cm³/mol. The Morgan fingerprint density at radius 1 is 1.04 bits per heavy atom. The van der Waals surface area contributed by atoms with Gasteiger partial charge >= 0.3 is 0 Å². The molecule has 6 heteroatoms. The van der Waals surface area contributed by atoms with E-state index in [1.54, 1.807) is 0 Å². The summed E-state index contributed by atoms with van der Waals surface area (Å²) in [6, 6.07) is 15.9. The Hall–Kier alpha value is -2.01. The minimum atomic E-state index is 0. The molecule has 24 heavy (non-hydrogen) atoms. The fraction of sp³-hybridized carbons (Fsp3) is 0.167. The molecule has 0 aliphatic carbocycles. The Kier molecular flexibility index (Phi) is 4.81. The number of hydrogen-bond donors (Lipinski definition) is 1. The largest absolute Gasteiger partial charge is 0.396 e. The van der Waals surface area contributed by atoms with Gasteiger partial charge in [-0.15, -0.1) is 12.4 Å². The number of aliphatic hydroxyl groups excluding tert-OH is 1. The number of para-hydroxylation sites is 2. The molecule has 1 N–H and O–H groups in total. The van der Waals surface area contributed by atoms with Gasteiger partial charge in [-0.1, -0.05) is 35.9 Å². The predicted octanol–water partition coefficient (Wildman–Crippen LogP) is 4.41. The first kappa shape index (κ1) is 16.8. The number of fused-ring (bicyclic) bond motifs is 3. The molecule has 0 aliphatic heterocycles. The maximum atomic E-state index is 9.22. The second-order valence-corrected chi connectivity index (χ2v) is 5.96. The lowest BCUT2D eigenvalue weighted by atomic mass is 10.1. The van der Waals surface area contributed by atoms with Crippen LogP contribution in [0.2, 0.25) is 5.02 Å². The Labute approximate surface area is 150 Å². The number of aromatic nitrogens is 3. The third-order valence-corrected chi connectivity index (χ3v) is 4.29. The van der Waals surface area contributed by atoms with Crippen molar-refractivity contribution in [1.82, 2.24) is 14.0 Å². The van der Waals surface area contributed by atoms with Crippen molar-refractivity contribution in [2.45, 2.75) is 13.0 Å². The van der Waals surface area contributed by atoms with Gasteiger partial charge in [0.05, 0.1) is 16.7 Å². The molecule has 0 atom stereocenters. The van der Waals surface area contributed by atoms with E-state index in [0.717, 1.165) is 33.1 Å². The lowest BCUT2D eigenvalue weighted by Crippen LogP contribution is -2.02. The van der Waals surface area contributed by atoms with E-state index in [9.17, 15) is 5.11 Å². The lowest BCUT2D eigenvalue weighted by molar-refractivity contribution is 0.280. The molecule has 4 rings (SSSR count). The molecule has 0 bridgehead atoms. The van der Waals surface area contributed by atoms with Crippen molar-refractivity contribution < 1.29 is 5.11 Å². The van der Waals surface area contributed by atoms with Crippen LogP contribution in [0.4, 0.5) is 0 Å². The highest BCUT2D eigenvalue weighted by Crippen LogP contribution is 2.27. The van der Waals surface area contributed by atoms with E-state index >= 15 is 0 Å². The summed E-state index contributed by atoms with van der Waals surface area (Å²) in [7, 11) is 0. The number of imidazole rings is 2. The molecule has 0 aliphatic rings. The second kappa shape index (κ2) is 6.85. The normalized spacial score (nSPS) is 11.1. The molecule has 124 valence electrons. The molecule has 0 saturated carbocycles. The molecule has 2 heterocycles. The maximum absolute atomic E-state index is 9.22. The van der Waals surface area contributed by atoms with Crippen LogP contribution in [-0.4, -0.2) is 25.7 Å². The molecule has 0 radical (unpaired) electrons. The summed E-state index contributed by atoms with van der Waals surface area (Å²) in [5.74, 6) is 0.893. The second-order valence-electron chi connectivity index (χ2n) is 5.52. The third-order valence-electron chi connectivity index (χ3n) is 4.04. The topological polar surface area (TPSA) is 42.5 Å². The van der Waals surface area contributed by atoms with Crippen LogP contribution in [0.3, 0.4) is 0 Å². The SMILES string of the molecule is Cl.OCCCn1c(-c2ccc(Cl)cc2)cn2c3ccccc3nc12. The summed E-state index contributed by atoms with van der Waals surface area (Å²) in [6.07, 6.45) is 2.79. The van der Waals surface area contributed by atoms with E-state index in [4.69, 9.17) is 16.6 Å². The summed E-state index contributed by atoms with van der Waals surface area (Å²) in [5, 5.41) is 9.94. The zero-order valence-corrected chi connectivity index (χ0v) is 14.5. The highest BCUT2D eigenvalue weighted by Gasteiger charge is 2.15. The van der Waals surface area contributed by atoms with Crippen LogP contribution in [0.5, 0.6) is 0 Å². The number of halogens is 2. The zero-order valence-electron chi connectivity index (χ0n) is 12.9. The number of aliphatic hydroxyl groups is 1. The number of nitrogens with zero attached hydrogens (tertiary/aromatic N) is 3. The monoisotopic (exact) mass is 361 g/mol. The molecule has 0 unspecified atom stereocenters. The zero-order chi connectivity index (χ0) is 15.8. The van der Waals surface area contributed by atoms with Crippen LogP contribution < -0.4 is 0 Å². The van der Waals surface area contributed by atoms with Crippen molar-refractivity contribution in [3.63, 3.8) is 0 Å². The third kappa shape index (κ3) is 2.77. The van der Waals surface area contributed by atoms with Crippen molar-refractivity contribution in [3.8, 4) is 11.3 Å². The summed E-state index contributed by atoms with van der Waals surface area (Å²) in [6.45, 7) is 0.874. The number of aryl methyl sites for hydroxylation is 1. The van der Waals surface area contributed by atoms with Crippen LogP contribution in [-0.2, 0) is 6.54 Å². The minimum absolute atomic E-state index is 0. The van der Waals surface area contributed by atoms with Crippen molar-refractivity contribution in [2.75, 3.05) is 6.61 Å². The average molecular weight is 362 g/mol. The maximum Gasteiger partial charge on any atom is 0.215 e. The Balaban J connectivity index is 0.00000169. The quantitative estimate of drug-likeness (QED) is 0.584. The van der Waals surface area contributed by atoms with Gasteiger partial charge in [-0.05, 0) is 36.2 Å². The first-order valence-electron chi connectivity index (χ1n) is 7.61. The van der Waals surface area contributed by atoms with E-state index in [2.05, 4.69) is 21.2 Å². The molecule has 2 aromatic heterocycles. The molecule has 4 nitrogen and oxygen atoms in total. The summed E-state index contributed by atoms with van der Waals surface area (Å²) in [5.41, 5.74) is 4.22. The molecule has 2 aromatic carbocycles. The Bertz CT molecular complexity index is 973. The lowest BCUT2D eigenvalue weighted by Gasteiger charge is -2.08. The van der Waals surface area contributed by atoms with Crippen LogP contribution in [0.1, 0.15) is 6.42 Å². The molecule has 0 fully saturated rings. The van der Waals surface area contributed by atoms with Gasteiger partial charge < -0.3 is 9.67 Å². The van der Waals surface area contributed by atoms with Crippen molar-refractivity contribution in [3.05, 3.63) is 59.8 Å². The first-order chi connectivity index (χ1) is 11.3. The van der Waals surface area contributed by atoms with Crippen LogP contribution in [0, 0.1) is 0 Å². The van der Waals surface area contributed by atoms with Gasteiger partial charge in [-0.25, -0.2) is 4.98 Å². The standard InChI is InChI=1S/C18H16ClN3O.ClH/c19-14-8-6-13(7-9-14)17-12-22-16-5-2-1-4-15(16)20-18(22)21(17)10-3-11-23;/h1-2,4-9,12,23H,3,10-11H2;1H.